The first-order chi connectivity index (χ1) is 13.0. The van der Waals surface area contributed by atoms with Crippen molar-refractivity contribution in [1.82, 2.24) is 4.90 Å². The topological polar surface area (TPSA) is 96.2 Å². The number of nitro groups is 1. The number of aromatic hydroxyl groups is 1. The predicted molar refractivity (Wildman–Crippen MR) is 100 cm³/mol. The molecule has 142 valence electrons. The second-order valence-electron chi connectivity index (χ2n) is 6.36. The molecule has 0 atom stereocenters. The summed E-state index contributed by atoms with van der Waals surface area (Å²) in [5.74, 6) is -1.09. The number of carbonyl (C=O) groups is 1. The molecule has 0 aromatic heterocycles. The smallest absolute Gasteiger partial charge is 0.311 e. The molecule has 0 aliphatic carbocycles. The summed E-state index contributed by atoms with van der Waals surface area (Å²) in [4.78, 5) is 26.5. The van der Waals surface area contributed by atoms with Gasteiger partial charge in [-0.15, -0.1) is 0 Å². The molecule has 0 radical (unpaired) electrons. The number of nitrogens with zero attached hydrogens (tertiary/aromatic N) is 3. The number of benzene rings is 2. The standard InChI is InChI=1S/C19H21N3O5/c1-20(19(24)16-3-2-4-17(18(16)23)22(25)26)13-14-5-7-15(8-6-14)21-9-11-27-12-10-21/h2-8,23H,9-13H2,1H3. The van der Waals surface area contributed by atoms with E-state index < -0.39 is 22.3 Å². The minimum Gasteiger partial charge on any atom is -0.502 e. The van der Waals surface area contributed by atoms with Crippen LogP contribution in [0.5, 0.6) is 5.75 Å². The maximum absolute atomic E-state index is 12.6. The number of rotatable bonds is 5. The minimum atomic E-state index is -0.712. The number of morpholine rings is 1. The van der Waals surface area contributed by atoms with Crippen LogP contribution in [0.15, 0.2) is 42.5 Å². The van der Waals surface area contributed by atoms with Gasteiger partial charge in [-0.1, -0.05) is 18.2 Å². The summed E-state index contributed by atoms with van der Waals surface area (Å²) in [6.45, 7) is 3.45. The molecule has 0 bridgehead atoms. The highest BCUT2D eigenvalue weighted by atomic mass is 16.6. The first-order valence-corrected chi connectivity index (χ1v) is 8.61. The van der Waals surface area contributed by atoms with Crippen LogP contribution >= 0.6 is 0 Å². The zero-order valence-electron chi connectivity index (χ0n) is 15.0. The molecule has 2 aromatic rings. The maximum atomic E-state index is 12.6. The Morgan fingerprint density at radius 1 is 1.22 bits per heavy atom. The van der Waals surface area contributed by atoms with Crippen LogP contribution in [-0.2, 0) is 11.3 Å². The Kier molecular flexibility index (Phi) is 5.56. The summed E-state index contributed by atoms with van der Waals surface area (Å²) >= 11 is 0. The Morgan fingerprint density at radius 3 is 2.52 bits per heavy atom. The number of para-hydroxylation sites is 1. The van der Waals surface area contributed by atoms with Crippen molar-refractivity contribution in [2.24, 2.45) is 0 Å². The number of hydrogen-bond acceptors (Lipinski definition) is 6. The second kappa shape index (κ2) is 8.05. The van der Waals surface area contributed by atoms with Gasteiger partial charge in [-0.2, -0.15) is 0 Å². The van der Waals surface area contributed by atoms with Crippen LogP contribution < -0.4 is 4.90 Å². The summed E-state index contributed by atoms with van der Waals surface area (Å²) in [5, 5.41) is 20.9. The van der Waals surface area contributed by atoms with Crippen molar-refractivity contribution in [3.05, 3.63) is 63.7 Å². The molecular formula is C19H21N3O5. The first kappa shape index (κ1) is 18.7. The van der Waals surface area contributed by atoms with E-state index in [2.05, 4.69) is 4.90 Å². The minimum absolute atomic E-state index is 0.0864. The Hall–Kier alpha value is -3.13. The lowest BCUT2D eigenvalue weighted by Crippen LogP contribution is -2.36. The highest BCUT2D eigenvalue weighted by molar-refractivity contribution is 5.97. The van der Waals surface area contributed by atoms with Crippen LogP contribution in [0.2, 0.25) is 0 Å². The fourth-order valence-corrected chi connectivity index (χ4v) is 3.04. The third kappa shape index (κ3) is 4.17. The molecule has 2 aromatic carbocycles. The van der Waals surface area contributed by atoms with E-state index in [0.717, 1.165) is 30.4 Å². The number of carbonyl (C=O) groups excluding carboxylic acids is 1. The molecule has 1 fully saturated rings. The molecular weight excluding hydrogens is 350 g/mol. The number of nitro benzene ring substituents is 1. The van der Waals surface area contributed by atoms with Gasteiger partial charge in [-0.3, -0.25) is 14.9 Å². The van der Waals surface area contributed by atoms with Gasteiger partial charge in [0, 0.05) is 38.4 Å². The second-order valence-corrected chi connectivity index (χ2v) is 6.36. The van der Waals surface area contributed by atoms with Crippen molar-refractivity contribution < 1.29 is 19.6 Å². The molecule has 3 rings (SSSR count). The lowest BCUT2D eigenvalue weighted by atomic mass is 10.1. The van der Waals surface area contributed by atoms with Crippen molar-refractivity contribution in [1.29, 1.82) is 0 Å². The molecule has 1 N–H and O–H groups in total. The van der Waals surface area contributed by atoms with E-state index in [1.807, 2.05) is 24.3 Å². The van der Waals surface area contributed by atoms with Crippen LogP contribution in [0.25, 0.3) is 0 Å². The van der Waals surface area contributed by atoms with Crippen LogP contribution in [0.4, 0.5) is 11.4 Å². The predicted octanol–water partition coefficient (Wildman–Crippen LogP) is 2.41. The third-order valence-electron chi connectivity index (χ3n) is 4.52. The average molecular weight is 371 g/mol. The summed E-state index contributed by atoms with van der Waals surface area (Å²) in [6.07, 6.45) is 0. The average Bonchev–Trinajstić information content (AvgIpc) is 2.68. The van der Waals surface area contributed by atoms with E-state index in [0.29, 0.717) is 19.8 Å². The SMILES string of the molecule is CN(Cc1ccc(N2CCOCC2)cc1)C(=O)c1cccc([N+](=O)[O-])c1O. The van der Waals surface area contributed by atoms with E-state index >= 15 is 0 Å². The molecule has 1 amide bonds. The van der Waals surface area contributed by atoms with Gasteiger partial charge in [-0.25, -0.2) is 0 Å². The fraction of sp³-hybridized carbons (Fsp3) is 0.316. The lowest BCUT2D eigenvalue weighted by Gasteiger charge is -2.29. The zero-order valence-corrected chi connectivity index (χ0v) is 15.0. The molecule has 1 aliphatic heterocycles. The Morgan fingerprint density at radius 2 is 1.89 bits per heavy atom. The van der Waals surface area contributed by atoms with Crippen molar-refractivity contribution in [2.45, 2.75) is 6.54 Å². The molecule has 1 aliphatic rings. The maximum Gasteiger partial charge on any atom is 0.311 e. The molecule has 27 heavy (non-hydrogen) atoms. The number of amides is 1. The zero-order chi connectivity index (χ0) is 19.4. The summed E-state index contributed by atoms with van der Waals surface area (Å²) in [7, 11) is 1.59. The lowest BCUT2D eigenvalue weighted by molar-refractivity contribution is -0.385. The molecule has 8 heteroatoms. The summed E-state index contributed by atoms with van der Waals surface area (Å²) in [5.41, 5.74) is 1.46. The molecule has 0 saturated carbocycles. The Labute approximate surface area is 156 Å². The number of phenolic OH excluding ortho intramolecular Hbond substituents is 1. The Balaban J connectivity index is 1.69. The number of hydrogen-bond donors (Lipinski definition) is 1. The third-order valence-corrected chi connectivity index (χ3v) is 4.52. The van der Waals surface area contributed by atoms with E-state index in [9.17, 15) is 20.0 Å². The monoisotopic (exact) mass is 371 g/mol. The van der Waals surface area contributed by atoms with Crippen molar-refractivity contribution in [3.63, 3.8) is 0 Å². The number of ether oxygens (including phenoxy) is 1. The van der Waals surface area contributed by atoms with Crippen molar-refractivity contribution in [2.75, 3.05) is 38.3 Å². The quantitative estimate of drug-likeness (QED) is 0.640. The van der Waals surface area contributed by atoms with Crippen molar-refractivity contribution in [3.8, 4) is 5.75 Å². The molecule has 1 saturated heterocycles. The van der Waals surface area contributed by atoms with Crippen molar-refractivity contribution >= 4 is 17.3 Å². The molecule has 1 heterocycles. The van der Waals surface area contributed by atoms with Crippen LogP contribution in [0.1, 0.15) is 15.9 Å². The van der Waals surface area contributed by atoms with Gasteiger partial charge >= 0.3 is 5.69 Å². The summed E-state index contributed by atoms with van der Waals surface area (Å²) < 4.78 is 5.35. The fourth-order valence-electron chi connectivity index (χ4n) is 3.04. The Bertz CT molecular complexity index is 832. The summed E-state index contributed by atoms with van der Waals surface area (Å²) in [6, 6.07) is 11.8. The number of anilines is 1. The first-order valence-electron chi connectivity index (χ1n) is 8.61. The van der Waals surface area contributed by atoms with Gasteiger partial charge in [0.1, 0.15) is 0 Å². The molecule has 0 spiro atoms. The molecule has 8 nitrogen and oxygen atoms in total. The van der Waals surface area contributed by atoms with Crippen LogP contribution in [0.3, 0.4) is 0 Å². The van der Waals surface area contributed by atoms with Gasteiger partial charge in [0.2, 0.25) is 5.75 Å². The van der Waals surface area contributed by atoms with E-state index in [-0.39, 0.29) is 5.56 Å². The number of phenols is 1. The highest BCUT2D eigenvalue weighted by Crippen LogP contribution is 2.30. The van der Waals surface area contributed by atoms with Gasteiger partial charge in [-0.05, 0) is 23.8 Å². The van der Waals surface area contributed by atoms with E-state index in [1.54, 1.807) is 7.05 Å². The van der Waals surface area contributed by atoms with Crippen LogP contribution in [-0.4, -0.2) is 54.2 Å². The largest absolute Gasteiger partial charge is 0.502 e. The van der Waals surface area contributed by atoms with Gasteiger partial charge in [0.05, 0.1) is 23.7 Å². The highest BCUT2D eigenvalue weighted by Gasteiger charge is 2.23. The normalized spacial score (nSPS) is 14.0. The van der Waals surface area contributed by atoms with E-state index in [4.69, 9.17) is 4.74 Å². The van der Waals surface area contributed by atoms with Gasteiger partial charge in [0.25, 0.3) is 5.91 Å². The van der Waals surface area contributed by atoms with Gasteiger partial charge < -0.3 is 19.6 Å². The van der Waals surface area contributed by atoms with E-state index in [1.165, 1.54) is 17.0 Å². The van der Waals surface area contributed by atoms with Gasteiger partial charge in [0.15, 0.2) is 0 Å². The van der Waals surface area contributed by atoms with Crippen LogP contribution in [0, 0.1) is 10.1 Å². The molecule has 0 unspecified atom stereocenters.